The third-order valence-electron chi connectivity index (χ3n) is 2.30. The normalized spacial score (nSPS) is 11.9. The zero-order valence-electron chi connectivity index (χ0n) is 9.35. The Hall–Kier alpha value is -1.04. The van der Waals surface area contributed by atoms with Crippen molar-refractivity contribution in [1.82, 2.24) is 0 Å². The Morgan fingerprint density at radius 1 is 1.44 bits per heavy atom. The van der Waals surface area contributed by atoms with E-state index in [1.54, 1.807) is 0 Å². The van der Waals surface area contributed by atoms with Crippen molar-refractivity contribution in [3.8, 4) is 0 Å². The van der Waals surface area contributed by atoms with Crippen molar-refractivity contribution in [1.29, 1.82) is 0 Å². The van der Waals surface area contributed by atoms with Crippen LogP contribution in [0.2, 0.25) is 5.02 Å². The number of halogens is 2. The molecule has 0 saturated heterocycles. The van der Waals surface area contributed by atoms with E-state index in [1.807, 2.05) is 0 Å². The highest BCUT2D eigenvalue weighted by Gasteiger charge is 2.21. The molecule has 0 unspecified atom stereocenters. The second kappa shape index (κ2) is 5.73. The van der Waals surface area contributed by atoms with Crippen LogP contribution in [-0.2, 0) is 9.84 Å². The van der Waals surface area contributed by atoms with Crippen LogP contribution < -0.4 is 0 Å². The topological polar surface area (TPSA) is 71.4 Å². The van der Waals surface area contributed by atoms with Gasteiger partial charge in [-0.1, -0.05) is 29.3 Å². The molecule has 0 bridgehead atoms. The van der Waals surface area contributed by atoms with Crippen LogP contribution in [0.25, 0.3) is 0 Å². The number of hydrogen-bond donors (Lipinski definition) is 1. The van der Waals surface area contributed by atoms with Crippen molar-refractivity contribution in [2.45, 2.75) is 11.8 Å². The predicted octanol–water partition coefficient (Wildman–Crippen LogP) is 2.87. The van der Waals surface area contributed by atoms with E-state index in [-0.39, 0.29) is 26.8 Å². The maximum absolute atomic E-state index is 12.0. The van der Waals surface area contributed by atoms with Crippen LogP contribution in [0.3, 0.4) is 0 Å². The van der Waals surface area contributed by atoms with E-state index in [0.717, 1.165) is 5.54 Å². The molecule has 7 heteroatoms. The molecule has 0 fully saturated rings. The van der Waals surface area contributed by atoms with E-state index in [0.29, 0.717) is 0 Å². The molecule has 4 nitrogen and oxygen atoms in total. The highest BCUT2D eigenvalue weighted by Crippen LogP contribution is 2.25. The number of carboxylic acids is 1. The van der Waals surface area contributed by atoms with Crippen LogP contribution in [0.15, 0.2) is 28.6 Å². The molecule has 1 aromatic carbocycles. The SMILES string of the molecule is Cc1c(C(=O)O)cc(Cl)cc1S(=O)(=O)C/C=C/Cl. The van der Waals surface area contributed by atoms with E-state index in [9.17, 15) is 13.2 Å². The molecule has 0 heterocycles. The maximum atomic E-state index is 12.0. The molecule has 0 aliphatic heterocycles. The van der Waals surface area contributed by atoms with Gasteiger partial charge in [0.2, 0.25) is 0 Å². The number of carbonyl (C=O) groups is 1. The fourth-order valence-corrected chi connectivity index (χ4v) is 3.34. The van der Waals surface area contributed by atoms with Crippen molar-refractivity contribution in [3.63, 3.8) is 0 Å². The maximum Gasteiger partial charge on any atom is 0.336 e. The van der Waals surface area contributed by atoms with Crippen molar-refractivity contribution >= 4 is 39.0 Å². The highest BCUT2D eigenvalue weighted by atomic mass is 35.5. The molecule has 1 N–H and O–H groups in total. The molecule has 0 spiro atoms. The Kier molecular flexibility index (Phi) is 4.78. The Morgan fingerprint density at radius 3 is 2.56 bits per heavy atom. The van der Waals surface area contributed by atoms with Gasteiger partial charge in [-0.15, -0.1) is 0 Å². The molecule has 0 saturated carbocycles. The van der Waals surface area contributed by atoms with Gasteiger partial charge < -0.3 is 5.11 Å². The second-order valence-corrected chi connectivity index (χ2v) is 6.22. The summed E-state index contributed by atoms with van der Waals surface area (Å²) < 4.78 is 24.0. The standard InChI is InChI=1S/C11H10Cl2O4S/c1-7-9(11(14)15)5-8(13)6-10(7)18(16,17)4-2-3-12/h2-3,5-6H,4H2,1H3,(H,14,15)/b3-2+. The molecule has 1 rings (SSSR count). The van der Waals surface area contributed by atoms with Gasteiger partial charge in [-0.25, -0.2) is 13.2 Å². The summed E-state index contributed by atoms with van der Waals surface area (Å²) in [6, 6.07) is 2.45. The lowest BCUT2D eigenvalue weighted by Gasteiger charge is -2.09. The first kappa shape index (κ1) is 15.0. The number of aromatic carboxylic acids is 1. The minimum absolute atomic E-state index is 0.0615. The Morgan fingerprint density at radius 2 is 2.06 bits per heavy atom. The lowest BCUT2D eigenvalue weighted by atomic mass is 10.1. The van der Waals surface area contributed by atoms with Crippen LogP contribution in [0.5, 0.6) is 0 Å². The molecule has 0 aliphatic carbocycles. The van der Waals surface area contributed by atoms with Gasteiger partial charge in [0.15, 0.2) is 9.84 Å². The zero-order valence-corrected chi connectivity index (χ0v) is 11.7. The van der Waals surface area contributed by atoms with Crippen molar-refractivity contribution < 1.29 is 18.3 Å². The summed E-state index contributed by atoms with van der Waals surface area (Å²) in [5.41, 5.74) is 1.13. The average Bonchev–Trinajstić information content (AvgIpc) is 2.28. The highest BCUT2D eigenvalue weighted by molar-refractivity contribution is 7.91. The smallest absolute Gasteiger partial charge is 0.336 e. The lowest BCUT2D eigenvalue weighted by Crippen LogP contribution is -2.10. The molecule has 0 aliphatic rings. The van der Waals surface area contributed by atoms with Gasteiger partial charge in [-0.2, -0.15) is 0 Å². The summed E-state index contributed by atoms with van der Waals surface area (Å²) in [5.74, 6) is -1.53. The average molecular weight is 309 g/mol. The first-order valence-electron chi connectivity index (χ1n) is 4.81. The van der Waals surface area contributed by atoms with Gasteiger partial charge >= 0.3 is 5.97 Å². The number of carboxylic acid groups (broad SMARTS) is 1. The van der Waals surface area contributed by atoms with E-state index in [2.05, 4.69) is 0 Å². The summed E-state index contributed by atoms with van der Waals surface area (Å²) in [7, 11) is -3.65. The first-order valence-corrected chi connectivity index (χ1v) is 7.27. The first-order chi connectivity index (χ1) is 8.29. The monoisotopic (exact) mass is 308 g/mol. The van der Waals surface area contributed by atoms with Crippen LogP contribution in [0, 0.1) is 6.92 Å². The number of benzene rings is 1. The molecule has 98 valence electrons. The third kappa shape index (κ3) is 3.25. The van der Waals surface area contributed by atoms with Crippen molar-refractivity contribution in [2.24, 2.45) is 0 Å². The van der Waals surface area contributed by atoms with Gasteiger partial charge in [0.05, 0.1) is 16.2 Å². The summed E-state index contributed by atoms with van der Waals surface area (Å²) in [4.78, 5) is 10.9. The van der Waals surface area contributed by atoms with Crippen molar-refractivity contribution in [3.05, 3.63) is 39.9 Å². The predicted molar refractivity (Wildman–Crippen MR) is 70.2 cm³/mol. The minimum atomic E-state index is -3.65. The number of sulfone groups is 1. The Bertz CT molecular complexity index is 606. The van der Waals surface area contributed by atoms with Gasteiger partial charge in [0.25, 0.3) is 0 Å². The van der Waals surface area contributed by atoms with Gasteiger partial charge in [-0.3, -0.25) is 0 Å². The quantitative estimate of drug-likeness (QED) is 0.928. The molecular formula is C11H10Cl2O4S. The summed E-state index contributed by atoms with van der Waals surface area (Å²) in [5, 5.41) is 9.03. The van der Waals surface area contributed by atoms with E-state index < -0.39 is 15.8 Å². The fourth-order valence-electron chi connectivity index (χ4n) is 1.45. The Labute approximate surface area is 115 Å². The van der Waals surface area contributed by atoms with Crippen LogP contribution in [0.4, 0.5) is 0 Å². The number of rotatable bonds is 4. The zero-order chi connectivity index (χ0) is 13.9. The molecular weight excluding hydrogens is 299 g/mol. The third-order valence-corrected chi connectivity index (χ3v) is 4.42. The number of hydrogen-bond acceptors (Lipinski definition) is 3. The van der Waals surface area contributed by atoms with Gasteiger partial charge in [0.1, 0.15) is 0 Å². The largest absolute Gasteiger partial charge is 0.478 e. The molecule has 1 aromatic rings. The lowest BCUT2D eigenvalue weighted by molar-refractivity contribution is 0.0696. The van der Waals surface area contributed by atoms with Gasteiger partial charge in [-0.05, 0) is 24.6 Å². The van der Waals surface area contributed by atoms with Crippen LogP contribution in [-0.4, -0.2) is 25.2 Å². The fraction of sp³-hybridized carbons (Fsp3) is 0.182. The molecule has 0 atom stereocenters. The summed E-state index contributed by atoms with van der Waals surface area (Å²) in [6.45, 7) is 1.43. The molecule has 0 radical (unpaired) electrons. The van der Waals surface area contributed by atoms with Crippen LogP contribution in [0.1, 0.15) is 15.9 Å². The van der Waals surface area contributed by atoms with E-state index in [4.69, 9.17) is 28.3 Å². The second-order valence-electron chi connectivity index (χ2n) is 3.52. The Balaban J connectivity index is 3.46. The van der Waals surface area contributed by atoms with E-state index >= 15 is 0 Å². The molecule has 18 heavy (non-hydrogen) atoms. The molecule has 0 amide bonds. The van der Waals surface area contributed by atoms with Crippen LogP contribution >= 0.6 is 23.2 Å². The minimum Gasteiger partial charge on any atom is -0.478 e. The van der Waals surface area contributed by atoms with Crippen molar-refractivity contribution in [2.75, 3.05) is 5.75 Å². The van der Waals surface area contributed by atoms with E-state index in [1.165, 1.54) is 25.1 Å². The molecule has 0 aromatic heterocycles. The summed E-state index contributed by atoms with van der Waals surface area (Å²) in [6.07, 6.45) is 1.26. The summed E-state index contributed by atoms with van der Waals surface area (Å²) >= 11 is 11.0. The van der Waals surface area contributed by atoms with Gasteiger partial charge in [0, 0.05) is 10.6 Å².